The highest BCUT2D eigenvalue weighted by atomic mass is 32.2. The Kier molecular flexibility index (Phi) is 3.69. The quantitative estimate of drug-likeness (QED) is 0.895. The van der Waals surface area contributed by atoms with Crippen molar-refractivity contribution >= 4 is 10.8 Å². The Labute approximate surface area is 106 Å². The molecule has 0 fully saturated rings. The third-order valence-electron chi connectivity index (χ3n) is 3.51. The zero-order valence-electron chi connectivity index (χ0n) is 11.0. The molecule has 0 saturated carbocycles. The van der Waals surface area contributed by atoms with Crippen molar-refractivity contribution in [2.24, 2.45) is 0 Å². The number of rotatable bonds is 3. The summed E-state index contributed by atoms with van der Waals surface area (Å²) in [4.78, 5) is 1.08. The van der Waals surface area contributed by atoms with Gasteiger partial charge >= 0.3 is 0 Å². The maximum Gasteiger partial charge on any atom is 0.0590 e. The minimum atomic E-state index is -0.848. The van der Waals surface area contributed by atoms with E-state index in [9.17, 15) is 4.21 Å². The standard InChI is InChI=1S/C14H21NOS/c1-5-6-12-13(15-4)11-8-9(2)7-10(3)14(11)17(12)16/h7-8,12-13,15H,5-6H2,1-4H3. The van der Waals surface area contributed by atoms with Crippen LogP contribution < -0.4 is 5.32 Å². The Morgan fingerprint density at radius 3 is 2.65 bits per heavy atom. The number of hydrogen-bond acceptors (Lipinski definition) is 2. The van der Waals surface area contributed by atoms with Gasteiger partial charge in [-0.1, -0.05) is 31.0 Å². The Balaban J connectivity index is 2.52. The third-order valence-corrected chi connectivity index (χ3v) is 5.53. The van der Waals surface area contributed by atoms with E-state index in [2.05, 4.69) is 38.2 Å². The topological polar surface area (TPSA) is 29.1 Å². The summed E-state index contributed by atoms with van der Waals surface area (Å²) >= 11 is 0. The normalized spacial score (nSPS) is 27.2. The zero-order chi connectivity index (χ0) is 12.6. The van der Waals surface area contributed by atoms with E-state index in [1.54, 1.807) is 0 Å². The van der Waals surface area contributed by atoms with Gasteiger partial charge in [0.1, 0.15) is 0 Å². The Bertz CT molecular complexity index is 456. The molecule has 3 atom stereocenters. The minimum absolute atomic E-state index is 0.237. The van der Waals surface area contributed by atoms with Gasteiger partial charge in [-0.25, -0.2) is 0 Å². The fraction of sp³-hybridized carbons (Fsp3) is 0.571. The van der Waals surface area contributed by atoms with E-state index < -0.39 is 10.8 Å². The second-order valence-corrected chi connectivity index (χ2v) is 6.50. The first-order chi connectivity index (χ1) is 8.10. The lowest BCUT2D eigenvalue weighted by Crippen LogP contribution is -2.26. The molecule has 3 heteroatoms. The van der Waals surface area contributed by atoms with Gasteiger partial charge in [0, 0.05) is 10.9 Å². The Hall–Kier alpha value is -0.670. The molecule has 1 aliphatic rings. The number of fused-ring (bicyclic) bond motifs is 1. The first-order valence-corrected chi connectivity index (χ1v) is 7.50. The summed E-state index contributed by atoms with van der Waals surface area (Å²) in [6.45, 7) is 6.34. The predicted molar refractivity (Wildman–Crippen MR) is 72.8 cm³/mol. The number of nitrogens with one attached hydrogen (secondary N) is 1. The molecule has 0 spiro atoms. The Morgan fingerprint density at radius 1 is 1.35 bits per heavy atom. The van der Waals surface area contributed by atoms with Crippen molar-refractivity contribution in [2.45, 2.75) is 49.8 Å². The Morgan fingerprint density at radius 2 is 2.06 bits per heavy atom. The van der Waals surface area contributed by atoms with Gasteiger partial charge in [-0.3, -0.25) is 4.21 Å². The fourth-order valence-corrected chi connectivity index (χ4v) is 4.94. The van der Waals surface area contributed by atoms with Gasteiger partial charge in [-0.2, -0.15) is 0 Å². The summed E-state index contributed by atoms with van der Waals surface area (Å²) in [6, 6.07) is 4.58. The maximum atomic E-state index is 12.6. The summed E-state index contributed by atoms with van der Waals surface area (Å²) in [5.74, 6) is 0. The van der Waals surface area contributed by atoms with Crippen LogP contribution in [-0.2, 0) is 10.8 Å². The van der Waals surface area contributed by atoms with Crippen LogP contribution in [0.4, 0.5) is 0 Å². The molecule has 2 rings (SSSR count). The average molecular weight is 251 g/mol. The van der Waals surface area contributed by atoms with E-state index >= 15 is 0 Å². The van der Waals surface area contributed by atoms with Crippen molar-refractivity contribution in [1.29, 1.82) is 0 Å². The highest BCUT2D eigenvalue weighted by molar-refractivity contribution is 7.86. The van der Waals surface area contributed by atoms with Crippen molar-refractivity contribution in [3.05, 3.63) is 28.8 Å². The fourth-order valence-electron chi connectivity index (χ4n) is 2.87. The second-order valence-electron chi connectivity index (χ2n) is 4.89. The van der Waals surface area contributed by atoms with E-state index in [1.165, 1.54) is 16.7 Å². The van der Waals surface area contributed by atoms with Crippen LogP contribution in [-0.4, -0.2) is 16.5 Å². The molecule has 0 aromatic heterocycles. The van der Waals surface area contributed by atoms with Crippen molar-refractivity contribution in [1.82, 2.24) is 5.32 Å². The highest BCUT2D eigenvalue weighted by Gasteiger charge is 2.38. The molecule has 1 aromatic rings. The number of benzene rings is 1. The molecule has 0 bridgehead atoms. The van der Waals surface area contributed by atoms with Gasteiger partial charge < -0.3 is 5.32 Å². The van der Waals surface area contributed by atoms with Crippen LogP contribution in [0.25, 0.3) is 0 Å². The zero-order valence-corrected chi connectivity index (χ0v) is 11.9. The van der Waals surface area contributed by atoms with E-state index in [0.29, 0.717) is 0 Å². The average Bonchev–Trinajstić information content (AvgIpc) is 2.52. The molecule has 1 heterocycles. The molecule has 0 amide bonds. The molecule has 1 aromatic carbocycles. The van der Waals surface area contributed by atoms with Gasteiger partial charge in [0.25, 0.3) is 0 Å². The summed E-state index contributed by atoms with van der Waals surface area (Å²) in [6.07, 6.45) is 2.10. The lowest BCUT2D eigenvalue weighted by atomic mass is 9.97. The molecule has 17 heavy (non-hydrogen) atoms. The van der Waals surface area contributed by atoms with Crippen LogP contribution in [0, 0.1) is 13.8 Å². The summed E-state index contributed by atoms with van der Waals surface area (Å²) in [5.41, 5.74) is 3.69. The minimum Gasteiger partial charge on any atom is -0.312 e. The van der Waals surface area contributed by atoms with Crippen LogP contribution >= 0.6 is 0 Å². The first kappa shape index (κ1) is 12.8. The summed E-state index contributed by atoms with van der Waals surface area (Å²) in [7, 11) is 1.12. The molecule has 0 radical (unpaired) electrons. The monoisotopic (exact) mass is 251 g/mol. The first-order valence-electron chi connectivity index (χ1n) is 6.29. The van der Waals surface area contributed by atoms with Crippen LogP contribution in [0.2, 0.25) is 0 Å². The van der Waals surface area contributed by atoms with E-state index in [1.807, 2.05) is 7.05 Å². The van der Waals surface area contributed by atoms with Gasteiger partial charge in [-0.05, 0) is 38.4 Å². The van der Waals surface area contributed by atoms with Crippen LogP contribution in [0.1, 0.15) is 42.5 Å². The molecule has 0 aliphatic carbocycles. The van der Waals surface area contributed by atoms with Crippen LogP contribution in [0.3, 0.4) is 0 Å². The van der Waals surface area contributed by atoms with Crippen molar-refractivity contribution in [2.75, 3.05) is 7.05 Å². The van der Waals surface area contributed by atoms with Gasteiger partial charge in [0.2, 0.25) is 0 Å². The largest absolute Gasteiger partial charge is 0.312 e. The van der Waals surface area contributed by atoms with Gasteiger partial charge in [0.15, 0.2) is 0 Å². The summed E-state index contributed by atoms with van der Waals surface area (Å²) in [5, 5.41) is 3.58. The van der Waals surface area contributed by atoms with E-state index in [4.69, 9.17) is 0 Å². The molecular weight excluding hydrogens is 230 g/mol. The molecular formula is C14H21NOS. The second kappa shape index (κ2) is 4.91. The van der Waals surface area contributed by atoms with Crippen LogP contribution in [0.5, 0.6) is 0 Å². The maximum absolute atomic E-state index is 12.6. The number of aryl methyl sites for hydroxylation is 2. The molecule has 94 valence electrons. The molecule has 1 aliphatic heterocycles. The third kappa shape index (κ3) is 2.06. The van der Waals surface area contributed by atoms with Gasteiger partial charge in [0.05, 0.1) is 16.0 Å². The van der Waals surface area contributed by atoms with Crippen molar-refractivity contribution < 1.29 is 4.21 Å². The predicted octanol–water partition coefficient (Wildman–Crippen LogP) is 2.85. The lowest BCUT2D eigenvalue weighted by Gasteiger charge is -2.17. The van der Waals surface area contributed by atoms with Gasteiger partial charge in [-0.15, -0.1) is 0 Å². The number of hydrogen-bond donors (Lipinski definition) is 1. The molecule has 3 unspecified atom stereocenters. The van der Waals surface area contributed by atoms with Crippen molar-refractivity contribution in [3.8, 4) is 0 Å². The molecule has 2 nitrogen and oxygen atoms in total. The smallest absolute Gasteiger partial charge is 0.0590 e. The van der Waals surface area contributed by atoms with E-state index in [0.717, 1.165) is 17.7 Å². The summed E-state index contributed by atoms with van der Waals surface area (Å²) < 4.78 is 12.6. The molecule has 1 N–H and O–H groups in total. The lowest BCUT2D eigenvalue weighted by molar-refractivity contribution is 0.534. The SMILES string of the molecule is CCCC1C(NC)c2cc(C)cc(C)c2S1=O. The van der Waals surface area contributed by atoms with Crippen molar-refractivity contribution in [3.63, 3.8) is 0 Å². The highest BCUT2D eigenvalue weighted by Crippen LogP contribution is 2.40. The molecule has 0 saturated heterocycles. The van der Waals surface area contributed by atoms with E-state index in [-0.39, 0.29) is 11.3 Å². The van der Waals surface area contributed by atoms with Crippen LogP contribution in [0.15, 0.2) is 17.0 Å².